The van der Waals surface area contributed by atoms with Gasteiger partial charge in [-0.1, -0.05) is 12.1 Å². The molecular weight excluding hydrogens is 356 g/mol. The number of carbonyl (C=O) groups excluding carboxylic acids is 1. The number of hydrogen-bond donors (Lipinski definition) is 3. The molecule has 0 fully saturated rings. The standard InChI is InChI=1S/C20H24N6O2/c27-19(7-6-14-12-15-13-21-9-3-11-26(15)25-14)22-10-8-18-23-17-5-2-1-4-16(17)20(28)24-18/h1-2,4-5,12,21H,3,6-11,13H2,(H,22,27)(H,23,24,28). The highest BCUT2D eigenvalue weighted by Crippen LogP contribution is 2.10. The van der Waals surface area contributed by atoms with Gasteiger partial charge in [0.15, 0.2) is 0 Å². The van der Waals surface area contributed by atoms with Crippen molar-refractivity contribution in [1.82, 2.24) is 30.4 Å². The number of H-pyrrole nitrogens is 1. The molecule has 1 aliphatic heterocycles. The first-order valence-electron chi connectivity index (χ1n) is 9.70. The molecule has 0 atom stereocenters. The Bertz CT molecular complexity index is 1020. The van der Waals surface area contributed by atoms with Crippen molar-refractivity contribution in [3.63, 3.8) is 0 Å². The van der Waals surface area contributed by atoms with E-state index in [2.05, 4.69) is 31.8 Å². The third-order valence-electron chi connectivity index (χ3n) is 4.90. The predicted octanol–water partition coefficient (Wildman–Crippen LogP) is 0.904. The number of fused-ring (bicyclic) bond motifs is 2. The van der Waals surface area contributed by atoms with E-state index in [1.165, 1.54) is 5.69 Å². The van der Waals surface area contributed by atoms with E-state index in [9.17, 15) is 9.59 Å². The van der Waals surface area contributed by atoms with Crippen molar-refractivity contribution in [2.24, 2.45) is 0 Å². The molecule has 3 N–H and O–H groups in total. The fraction of sp³-hybridized carbons (Fsp3) is 0.400. The molecule has 8 heteroatoms. The van der Waals surface area contributed by atoms with Crippen molar-refractivity contribution >= 4 is 16.8 Å². The van der Waals surface area contributed by atoms with Gasteiger partial charge in [0.25, 0.3) is 5.56 Å². The van der Waals surface area contributed by atoms with Crippen LogP contribution in [0.4, 0.5) is 0 Å². The van der Waals surface area contributed by atoms with Crippen LogP contribution in [0.15, 0.2) is 35.1 Å². The summed E-state index contributed by atoms with van der Waals surface area (Å²) in [7, 11) is 0. The second kappa shape index (κ2) is 8.35. The molecule has 0 radical (unpaired) electrons. The minimum absolute atomic E-state index is 0.0237. The lowest BCUT2D eigenvalue weighted by atomic mass is 10.2. The Morgan fingerprint density at radius 2 is 2.14 bits per heavy atom. The Kier molecular flexibility index (Phi) is 5.48. The number of aryl methyl sites for hydroxylation is 2. The van der Waals surface area contributed by atoms with Crippen LogP contribution in [0, 0.1) is 0 Å². The fourth-order valence-electron chi connectivity index (χ4n) is 3.45. The lowest BCUT2D eigenvalue weighted by Gasteiger charge is -2.05. The number of nitrogens with zero attached hydrogens (tertiary/aromatic N) is 3. The maximum atomic E-state index is 12.1. The van der Waals surface area contributed by atoms with E-state index in [1.54, 1.807) is 6.07 Å². The van der Waals surface area contributed by atoms with Crippen LogP contribution in [0.2, 0.25) is 0 Å². The van der Waals surface area contributed by atoms with Crippen LogP contribution in [0.1, 0.15) is 30.1 Å². The van der Waals surface area contributed by atoms with Crippen LogP contribution in [0.25, 0.3) is 10.9 Å². The minimum atomic E-state index is -0.152. The molecule has 4 rings (SSSR count). The zero-order chi connectivity index (χ0) is 19.3. The van der Waals surface area contributed by atoms with Gasteiger partial charge in [-0.2, -0.15) is 5.10 Å². The molecular formula is C20H24N6O2. The fourth-order valence-corrected chi connectivity index (χ4v) is 3.45. The van der Waals surface area contributed by atoms with Crippen LogP contribution in [-0.2, 0) is 30.7 Å². The van der Waals surface area contributed by atoms with Crippen LogP contribution in [0.3, 0.4) is 0 Å². The highest BCUT2D eigenvalue weighted by Gasteiger charge is 2.12. The number of hydrogen-bond acceptors (Lipinski definition) is 5. The van der Waals surface area contributed by atoms with Crippen molar-refractivity contribution < 1.29 is 4.79 Å². The molecule has 2 aromatic heterocycles. The molecule has 3 heterocycles. The quantitative estimate of drug-likeness (QED) is 0.589. The molecule has 0 unspecified atom stereocenters. The zero-order valence-corrected chi connectivity index (χ0v) is 15.7. The third-order valence-corrected chi connectivity index (χ3v) is 4.90. The van der Waals surface area contributed by atoms with Crippen molar-refractivity contribution in [2.75, 3.05) is 13.1 Å². The monoisotopic (exact) mass is 380 g/mol. The summed E-state index contributed by atoms with van der Waals surface area (Å²) in [6.45, 7) is 3.20. The maximum Gasteiger partial charge on any atom is 0.258 e. The van der Waals surface area contributed by atoms with Gasteiger partial charge in [-0.25, -0.2) is 4.98 Å². The van der Waals surface area contributed by atoms with Gasteiger partial charge in [0.05, 0.1) is 22.3 Å². The van der Waals surface area contributed by atoms with Gasteiger partial charge < -0.3 is 15.6 Å². The Labute approximate surface area is 162 Å². The first-order valence-corrected chi connectivity index (χ1v) is 9.70. The molecule has 8 nitrogen and oxygen atoms in total. The van der Waals surface area contributed by atoms with Crippen LogP contribution >= 0.6 is 0 Å². The molecule has 1 amide bonds. The van der Waals surface area contributed by atoms with E-state index in [0.29, 0.717) is 42.5 Å². The van der Waals surface area contributed by atoms with Crippen LogP contribution < -0.4 is 16.2 Å². The lowest BCUT2D eigenvalue weighted by Crippen LogP contribution is -2.27. The van der Waals surface area contributed by atoms with Gasteiger partial charge in [-0.15, -0.1) is 0 Å². The van der Waals surface area contributed by atoms with Crippen molar-refractivity contribution in [1.29, 1.82) is 0 Å². The smallest absolute Gasteiger partial charge is 0.258 e. The molecule has 1 aromatic carbocycles. The highest BCUT2D eigenvalue weighted by molar-refractivity contribution is 5.77. The molecule has 28 heavy (non-hydrogen) atoms. The summed E-state index contributed by atoms with van der Waals surface area (Å²) in [6, 6.07) is 9.31. The van der Waals surface area contributed by atoms with E-state index in [4.69, 9.17) is 0 Å². The number of amides is 1. The van der Waals surface area contributed by atoms with Crippen LogP contribution in [0.5, 0.6) is 0 Å². The molecule has 0 saturated carbocycles. The number of aromatic nitrogens is 4. The molecule has 146 valence electrons. The Morgan fingerprint density at radius 3 is 3.07 bits per heavy atom. The number of para-hydroxylation sites is 1. The maximum absolute atomic E-state index is 12.1. The van der Waals surface area contributed by atoms with Crippen molar-refractivity contribution in [2.45, 2.75) is 38.8 Å². The highest BCUT2D eigenvalue weighted by atomic mass is 16.1. The first-order chi connectivity index (χ1) is 13.7. The summed E-state index contributed by atoms with van der Waals surface area (Å²) in [5.41, 5.74) is 2.65. The van der Waals surface area contributed by atoms with Gasteiger partial charge in [0, 0.05) is 38.9 Å². The molecule has 0 aliphatic carbocycles. The van der Waals surface area contributed by atoms with Gasteiger partial charge in [-0.05, 0) is 31.2 Å². The number of carbonyl (C=O) groups is 1. The summed E-state index contributed by atoms with van der Waals surface area (Å²) in [5, 5.41) is 11.4. The lowest BCUT2D eigenvalue weighted by molar-refractivity contribution is -0.121. The second-order valence-electron chi connectivity index (χ2n) is 7.01. The normalized spacial score (nSPS) is 13.9. The van der Waals surface area contributed by atoms with Crippen molar-refractivity contribution in [3.05, 3.63) is 57.9 Å². The van der Waals surface area contributed by atoms with Gasteiger partial charge in [0.1, 0.15) is 5.82 Å². The van der Waals surface area contributed by atoms with Gasteiger partial charge in [-0.3, -0.25) is 14.3 Å². The first kappa shape index (κ1) is 18.4. The average Bonchev–Trinajstić information content (AvgIpc) is 2.95. The number of aromatic amines is 1. The predicted molar refractivity (Wildman–Crippen MR) is 106 cm³/mol. The molecule has 1 aliphatic rings. The largest absolute Gasteiger partial charge is 0.356 e. The molecule has 0 spiro atoms. The van der Waals surface area contributed by atoms with E-state index in [1.807, 2.05) is 22.9 Å². The average molecular weight is 380 g/mol. The van der Waals surface area contributed by atoms with Crippen molar-refractivity contribution in [3.8, 4) is 0 Å². The van der Waals surface area contributed by atoms with Gasteiger partial charge in [0.2, 0.25) is 5.91 Å². The van der Waals surface area contributed by atoms with E-state index in [0.717, 1.165) is 31.7 Å². The zero-order valence-electron chi connectivity index (χ0n) is 15.7. The SMILES string of the molecule is O=C(CCc1cc2n(n1)CCCNC2)NCCc1nc2ccccc2c(=O)[nH]1. The summed E-state index contributed by atoms with van der Waals surface area (Å²) >= 11 is 0. The molecule has 0 bridgehead atoms. The minimum Gasteiger partial charge on any atom is -0.356 e. The van der Waals surface area contributed by atoms with Crippen LogP contribution in [-0.4, -0.2) is 38.7 Å². The second-order valence-corrected chi connectivity index (χ2v) is 7.01. The summed E-state index contributed by atoms with van der Waals surface area (Å²) in [5.74, 6) is 0.554. The van der Waals surface area contributed by atoms with Gasteiger partial charge >= 0.3 is 0 Å². The molecule has 3 aromatic rings. The van der Waals surface area contributed by atoms with E-state index >= 15 is 0 Å². The van der Waals surface area contributed by atoms with E-state index in [-0.39, 0.29) is 11.5 Å². The third kappa shape index (κ3) is 4.28. The van der Waals surface area contributed by atoms with E-state index < -0.39 is 0 Å². The number of benzene rings is 1. The number of nitrogens with one attached hydrogen (secondary N) is 3. The molecule has 0 saturated heterocycles. The Morgan fingerprint density at radius 1 is 1.25 bits per heavy atom. The summed E-state index contributed by atoms with van der Waals surface area (Å²) in [4.78, 5) is 31.4. The summed E-state index contributed by atoms with van der Waals surface area (Å²) in [6.07, 6.45) is 2.57. The topological polar surface area (TPSA) is 105 Å². The Hall–Kier alpha value is -3.00. The summed E-state index contributed by atoms with van der Waals surface area (Å²) < 4.78 is 2.04. The number of rotatable bonds is 6. The Balaban J connectivity index is 1.26.